The summed E-state index contributed by atoms with van der Waals surface area (Å²) in [6.07, 6.45) is 3.04. The average molecular weight is 346 g/mol. The Labute approximate surface area is 148 Å². The molecule has 2 fully saturated rings. The van der Waals surface area contributed by atoms with Crippen LogP contribution in [0, 0.1) is 12.8 Å². The summed E-state index contributed by atoms with van der Waals surface area (Å²) in [5.41, 5.74) is 1.74. The van der Waals surface area contributed by atoms with Crippen molar-refractivity contribution < 1.29 is 9.59 Å². The van der Waals surface area contributed by atoms with Crippen LogP contribution in [-0.2, 0) is 4.79 Å². The molecule has 130 valence electrons. The van der Waals surface area contributed by atoms with Crippen molar-refractivity contribution in [3.05, 3.63) is 35.4 Å². The van der Waals surface area contributed by atoms with Crippen molar-refractivity contribution in [1.82, 2.24) is 10.2 Å². The standard InChI is InChI=1S/C19H26N2O2S/c1-12(2)9-17-21(19(23)14-6-4-5-13(3)10-14)16(11-24-17)18(22)20-15-7-8-15/h4-6,10,12,15-17H,7-9,11H2,1-3H3,(H,20,22). The number of carbonyl (C=O) groups is 2. The number of hydrogen-bond acceptors (Lipinski definition) is 3. The molecule has 1 aliphatic carbocycles. The lowest BCUT2D eigenvalue weighted by atomic mass is 10.1. The molecular formula is C19H26N2O2S. The fourth-order valence-electron chi connectivity index (χ4n) is 3.07. The third kappa shape index (κ3) is 3.94. The van der Waals surface area contributed by atoms with Crippen molar-refractivity contribution in [1.29, 1.82) is 0 Å². The summed E-state index contributed by atoms with van der Waals surface area (Å²) in [7, 11) is 0. The van der Waals surface area contributed by atoms with Gasteiger partial charge in [-0.05, 0) is 44.2 Å². The Morgan fingerprint density at radius 1 is 1.33 bits per heavy atom. The van der Waals surface area contributed by atoms with Gasteiger partial charge in [-0.1, -0.05) is 31.5 Å². The van der Waals surface area contributed by atoms with Gasteiger partial charge >= 0.3 is 0 Å². The number of hydrogen-bond donors (Lipinski definition) is 1. The van der Waals surface area contributed by atoms with Crippen LogP contribution >= 0.6 is 11.8 Å². The number of benzene rings is 1. The number of nitrogens with one attached hydrogen (secondary N) is 1. The minimum Gasteiger partial charge on any atom is -0.352 e. The van der Waals surface area contributed by atoms with Gasteiger partial charge < -0.3 is 10.2 Å². The first-order chi connectivity index (χ1) is 11.5. The summed E-state index contributed by atoms with van der Waals surface area (Å²) in [5.74, 6) is 1.16. The van der Waals surface area contributed by atoms with E-state index in [0.717, 1.165) is 24.8 Å². The normalized spacial score (nSPS) is 23.6. The molecule has 2 unspecified atom stereocenters. The Morgan fingerprint density at radius 2 is 2.08 bits per heavy atom. The van der Waals surface area contributed by atoms with Crippen LogP contribution < -0.4 is 5.32 Å². The molecule has 1 aromatic rings. The zero-order chi connectivity index (χ0) is 17.3. The molecule has 2 atom stereocenters. The van der Waals surface area contributed by atoms with Crippen molar-refractivity contribution in [3.63, 3.8) is 0 Å². The molecule has 1 heterocycles. The monoisotopic (exact) mass is 346 g/mol. The van der Waals surface area contributed by atoms with Crippen LogP contribution in [0.25, 0.3) is 0 Å². The van der Waals surface area contributed by atoms with Gasteiger partial charge in [0.1, 0.15) is 6.04 Å². The van der Waals surface area contributed by atoms with E-state index in [0.29, 0.717) is 23.3 Å². The smallest absolute Gasteiger partial charge is 0.255 e. The Bertz CT molecular complexity index is 628. The van der Waals surface area contributed by atoms with Crippen molar-refractivity contribution in [2.24, 2.45) is 5.92 Å². The molecule has 0 aromatic heterocycles. The lowest BCUT2D eigenvalue weighted by molar-refractivity contribution is -0.125. The summed E-state index contributed by atoms with van der Waals surface area (Å²) in [6.45, 7) is 6.30. The molecule has 2 amide bonds. The van der Waals surface area contributed by atoms with Gasteiger partial charge in [-0.15, -0.1) is 11.8 Å². The zero-order valence-corrected chi connectivity index (χ0v) is 15.4. The van der Waals surface area contributed by atoms with Gasteiger partial charge in [0, 0.05) is 17.4 Å². The fourth-order valence-corrected chi connectivity index (χ4v) is 4.72. The number of aryl methyl sites for hydroxylation is 1. The zero-order valence-electron chi connectivity index (χ0n) is 14.6. The first-order valence-corrected chi connectivity index (χ1v) is 9.82. The Kier molecular flexibility index (Phi) is 5.18. The third-order valence-corrected chi connectivity index (χ3v) is 5.80. The molecule has 4 nitrogen and oxygen atoms in total. The van der Waals surface area contributed by atoms with Gasteiger partial charge in [0.2, 0.25) is 5.91 Å². The van der Waals surface area contributed by atoms with Crippen LogP contribution in [-0.4, -0.2) is 39.9 Å². The lowest BCUT2D eigenvalue weighted by Gasteiger charge is -2.30. The molecule has 0 bridgehead atoms. The fraction of sp³-hybridized carbons (Fsp3) is 0.579. The second-order valence-corrected chi connectivity index (χ2v) is 8.51. The first kappa shape index (κ1) is 17.3. The van der Waals surface area contributed by atoms with Crippen LogP contribution in [0.1, 0.15) is 49.0 Å². The van der Waals surface area contributed by atoms with E-state index in [1.54, 1.807) is 11.8 Å². The highest BCUT2D eigenvalue weighted by Crippen LogP contribution is 2.35. The van der Waals surface area contributed by atoms with Crippen molar-refractivity contribution in [3.8, 4) is 0 Å². The largest absolute Gasteiger partial charge is 0.352 e. The Balaban J connectivity index is 1.83. The number of amides is 2. The van der Waals surface area contributed by atoms with Crippen molar-refractivity contribution in [2.75, 3.05) is 5.75 Å². The summed E-state index contributed by atoms with van der Waals surface area (Å²) < 4.78 is 0. The summed E-state index contributed by atoms with van der Waals surface area (Å²) in [5, 5.41) is 3.15. The van der Waals surface area contributed by atoms with E-state index in [-0.39, 0.29) is 23.2 Å². The maximum Gasteiger partial charge on any atom is 0.255 e. The predicted octanol–water partition coefficient (Wildman–Crippen LogP) is 3.20. The van der Waals surface area contributed by atoms with Crippen LogP contribution in [0.15, 0.2) is 24.3 Å². The highest BCUT2D eigenvalue weighted by Gasteiger charge is 2.43. The quantitative estimate of drug-likeness (QED) is 0.891. The van der Waals surface area contributed by atoms with Gasteiger partial charge in [-0.3, -0.25) is 9.59 Å². The minimum absolute atomic E-state index is 0.0114. The van der Waals surface area contributed by atoms with E-state index < -0.39 is 0 Å². The summed E-state index contributed by atoms with van der Waals surface area (Å²) >= 11 is 1.73. The van der Waals surface area contributed by atoms with Crippen LogP contribution in [0.5, 0.6) is 0 Å². The van der Waals surface area contributed by atoms with Gasteiger partial charge in [0.15, 0.2) is 0 Å². The van der Waals surface area contributed by atoms with E-state index in [9.17, 15) is 9.59 Å². The molecule has 0 spiro atoms. The topological polar surface area (TPSA) is 49.4 Å². The van der Waals surface area contributed by atoms with Crippen molar-refractivity contribution in [2.45, 2.75) is 57.5 Å². The molecule has 24 heavy (non-hydrogen) atoms. The SMILES string of the molecule is Cc1cccc(C(=O)N2C(CC(C)C)SCC2C(=O)NC2CC2)c1. The number of thioether (sulfide) groups is 1. The molecule has 1 N–H and O–H groups in total. The Morgan fingerprint density at radius 3 is 2.71 bits per heavy atom. The number of rotatable bonds is 5. The van der Waals surface area contributed by atoms with Gasteiger partial charge in [0.05, 0.1) is 5.37 Å². The summed E-state index contributed by atoms with van der Waals surface area (Å²) in [4.78, 5) is 27.6. The lowest BCUT2D eigenvalue weighted by Crippen LogP contribution is -2.50. The van der Waals surface area contributed by atoms with E-state index in [1.807, 2.05) is 36.1 Å². The molecule has 0 radical (unpaired) electrons. The molecule has 1 aliphatic heterocycles. The van der Waals surface area contributed by atoms with Gasteiger partial charge in [0.25, 0.3) is 5.91 Å². The van der Waals surface area contributed by atoms with Crippen LogP contribution in [0.4, 0.5) is 0 Å². The van der Waals surface area contributed by atoms with Gasteiger partial charge in [-0.25, -0.2) is 0 Å². The molecule has 1 saturated heterocycles. The first-order valence-electron chi connectivity index (χ1n) is 8.77. The molecule has 5 heteroatoms. The Hall–Kier alpha value is -1.49. The maximum absolute atomic E-state index is 13.1. The number of carbonyl (C=O) groups excluding carboxylic acids is 2. The third-order valence-electron chi connectivity index (χ3n) is 4.49. The highest BCUT2D eigenvalue weighted by molar-refractivity contribution is 8.00. The highest BCUT2D eigenvalue weighted by atomic mass is 32.2. The molecule has 3 rings (SSSR count). The van der Waals surface area contributed by atoms with Crippen LogP contribution in [0.3, 0.4) is 0 Å². The minimum atomic E-state index is -0.354. The van der Waals surface area contributed by atoms with E-state index in [4.69, 9.17) is 0 Å². The summed E-state index contributed by atoms with van der Waals surface area (Å²) in [6, 6.07) is 7.62. The molecule has 2 aliphatic rings. The maximum atomic E-state index is 13.1. The van der Waals surface area contributed by atoms with E-state index in [2.05, 4.69) is 19.2 Å². The van der Waals surface area contributed by atoms with Gasteiger partial charge in [-0.2, -0.15) is 0 Å². The second kappa shape index (κ2) is 7.18. The molecule has 1 saturated carbocycles. The van der Waals surface area contributed by atoms with Crippen molar-refractivity contribution >= 4 is 23.6 Å². The molecule has 1 aromatic carbocycles. The second-order valence-electron chi connectivity index (χ2n) is 7.30. The average Bonchev–Trinajstić information content (AvgIpc) is 3.24. The predicted molar refractivity (Wildman–Crippen MR) is 98.0 cm³/mol. The molecular weight excluding hydrogens is 320 g/mol. The van der Waals surface area contributed by atoms with Crippen LogP contribution in [0.2, 0.25) is 0 Å². The van der Waals surface area contributed by atoms with E-state index >= 15 is 0 Å². The number of nitrogens with zero attached hydrogens (tertiary/aromatic N) is 1. The van der Waals surface area contributed by atoms with E-state index in [1.165, 1.54) is 0 Å².